The number of dihydropyridines is 1. The second-order valence-electron chi connectivity index (χ2n) is 7.82. The molecule has 33 heavy (non-hydrogen) atoms. The second kappa shape index (κ2) is 8.85. The van der Waals surface area contributed by atoms with E-state index in [9.17, 15) is 9.59 Å². The van der Waals surface area contributed by atoms with Crippen molar-refractivity contribution in [2.24, 2.45) is 4.99 Å². The van der Waals surface area contributed by atoms with Gasteiger partial charge in [-0.05, 0) is 37.6 Å². The van der Waals surface area contributed by atoms with E-state index in [0.717, 1.165) is 16.8 Å². The molecular formula is C24H23N5O4. The predicted molar refractivity (Wildman–Crippen MR) is 122 cm³/mol. The first-order valence-corrected chi connectivity index (χ1v) is 10.9. The van der Waals surface area contributed by atoms with Gasteiger partial charge in [-0.15, -0.1) is 0 Å². The van der Waals surface area contributed by atoms with Gasteiger partial charge in [-0.1, -0.05) is 6.07 Å². The van der Waals surface area contributed by atoms with Crippen LogP contribution < -0.4 is 10.1 Å². The summed E-state index contributed by atoms with van der Waals surface area (Å²) in [4.78, 5) is 40.5. The van der Waals surface area contributed by atoms with Crippen LogP contribution >= 0.6 is 0 Å². The van der Waals surface area contributed by atoms with Gasteiger partial charge in [0.2, 0.25) is 0 Å². The van der Waals surface area contributed by atoms with E-state index >= 15 is 0 Å². The molecular weight excluding hydrogens is 422 g/mol. The molecule has 0 bridgehead atoms. The maximum absolute atomic E-state index is 12.0. The van der Waals surface area contributed by atoms with Gasteiger partial charge in [0.1, 0.15) is 29.0 Å². The zero-order chi connectivity index (χ0) is 22.8. The van der Waals surface area contributed by atoms with E-state index < -0.39 is 6.10 Å². The lowest BCUT2D eigenvalue weighted by molar-refractivity contribution is -0.141. The van der Waals surface area contributed by atoms with E-state index in [1.807, 2.05) is 43.3 Å². The summed E-state index contributed by atoms with van der Waals surface area (Å²) in [5, 5.41) is 2.76. The molecule has 0 aliphatic carbocycles. The standard InChI is InChI=1S/C24H23N5O4/c1-2-25-24(31)17-7-6-14(13-27-17)32-21-12-19-18(11-15(21)20-8-9-22(30)33-20)28-23(29-19)16-5-3-4-10-26-16/h3-6,10-12,20H,2,7-9,13H2,1H3,(H,25,31)(H,28,29). The molecule has 1 saturated heterocycles. The summed E-state index contributed by atoms with van der Waals surface area (Å²) in [6.45, 7) is 2.68. The van der Waals surface area contributed by atoms with Crippen molar-refractivity contribution >= 4 is 28.6 Å². The van der Waals surface area contributed by atoms with Crippen molar-refractivity contribution in [1.29, 1.82) is 0 Å². The Hall–Kier alpha value is -4.01. The number of amides is 1. The summed E-state index contributed by atoms with van der Waals surface area (Å²) in [6.07, 6.45) is 4.52. The number of nitrogens with zero attached hydrogens (tertiary/aromatic N) is 3. The number of carbonyl (C=O) groups excluding carboxylic acids is 2. The molecule has 1 amide bonds. The number of benzene rings is 1. The van der Waals surface area contributed by atoms with Crippen LogP contribution in [-0.2, 0) is 14.3 Å². The Kier molecular flexibility index (Phi) is 5.60. The number of carbonyl (C=O) groups is 2. The number of rotatable bonds is 6. The predicted octanol–water partition coefficient (Wildman–Crippen LogP) is 3.25. The Labute approximate surface area is 189 Å². The topological polar surface area (TPSA) is 119 Å². The third-order valence-corrected chi connectivity index (χ3v) is 5.54. The molecule has 2 aliphatic heterocycles. The van der Waals surface area contributed by atoms with Crippen LogP contribution in [0.3, 0.4) is 0 Å². The number of imidazole rings is 1. The first kappa shape index (κ1) is 20.9. The molecule has 2 N–H and O–H groups in total. The van der Waals surface area contributed by atoms with E-state index in [2.05, 4.69) is 25.3 Å². The minimum Gasteiger partial charge on any atom is -0.460 e. The van der Waals surface area contributed by atoms with Crippen molar-refractivity contribution in [3.05, 3.63) is 53.9 Å². The Bertz CT molecular complexity index is 1280. The number of esters is 1. The van der Waals surface area contributed by atoms with Crippen molar-refractivity contribution in [2.75, 3.05) is 13.1 Å². The largest absolute Gasteiger partial charge is 0.460 e. The Balaban J connectivity index is 1.46. The van der Waals surface area contributed by atoms with Crippen molar-refractivity contribution in [1.82, 2.24) is 20.3 Å². The molecule has 2 aliphatic rings. The third-order valence-electron chi connectivity index (χ3n) is 5.54. The molecule has 1 atom stereocenters. The second-order valence-corrected chi connectivity index (χ2v) is 7.82. The van der Waals surface area contributed by atoms with Gasteiger partial charge in [-0.25, -0.2) is 4.98 Å². The molecule has 168 valence electrons. The summed E-state index contributed by atoms with van der Waals surface area (Å²) in [5.74, 6) is 1.45. The number of aliphatic imine (C=N–C) groups is 1. The number of H-pyrrole nitrogens is 1. The summed E-state index contributed by atoms with van der Waals surface area (Å²) >= 11 is 0. The summed E-state index contributed by atoms with van der Waals surface area (Å²) in [5.41, 5.74) is 3.49. The molecule has 0 radical (unpaired) electrons. The smallest absolute Gasteiger partial charge is 0.306 e. The van der Waals surface area contributed by atoms with Gasteiger partial charge in [0.15, 0.2) is 5.82 Å². The van der Waals surface area contributed by atoms with Gasteiger partial charge < -0.3 is 19.8 Å². The maximum Gasteiger partial charge on any atom is 0.306 e. The minimum atomic E-state index is -0.392. The van der Waals surface area contributed by atoms with E-state index in [0.29, 0.717) is 54.4 Å². The fraction of sp³-hybridized carbons (Fsp3) is 0.292. The van der Waals surface area contributed by atoms with Gasteiger partial charge in [-0.2, -0.15) is 0 Å². The number of fused-ring (bicyclic) bond motifs is 1. The fourth-order valence-corrected chi connectivity index (χ4v) is 3.92. The van der Waals surface area contributed by atoms with Crippen LogP contribution in [0.2, 0.25) is 0 Å². The lowest BCUT2D eigenvalue weighted by atomic mass is 10.0. The van der Waals surface area contributed by atoms with Crippen molar-refractivity contribution in [3.8, 4) is 17.3 Å². The molecule has 1 unspecified atom stereocenters. The highest BCUT2D eigenvalue weighted by Crippen LogP contribution is 2.38. The van der Waals surface area contributed by atoms with Gasteiger partial charge >= 0.3 is 5.97 Å². The van der Waals surface area contributed by atoms with E-state index in [1.165, 1.54) is 0 Å². The van der Waals surface area contributed by atoms with Gasteiger partial charge in [0.25, 0.3) is 5.91 Å². The van der Waals surface area contributed by atoms with Gasteiger partial charge in [0.05, 0.1) is 17.6 Å². The molecule has 1 fully saturated rings. The van der Waals surface area contributed by atoms with Crippen LogP contribution in [0, 0.1) is 0 Å². The number of hydrogen-bond donors (Lipinski definition) is 2. The number of nitrogens with one attached hydrogen (secondary N) is 2. The summed E-state index contributed by atoms with van der Waals surface area (Å²) in [6, 6.07) is 9.39. The van der Waals surface area contributed by atoms with E-state index in [1.54, 1.807) is 6.20 Å². The zero-order valence-corrected chi connectivity index (χ0v) is 18.1. The average molecular weight is 445 g/mol. The first-order valence-electron chi connectivity index (χ1n) is 10.9. The Morgan fingerprint density at radius 1 is 1.33 bits per heavy atom. The van der Waals surface area contributed by atoms with Crippen LogP contribution in [0.5, 0.6) is 5.75 Å². The van der Waals surface area contributed by atoms with E-state index in [4.69, 9.17) is 9.47 Å². The highest BCUT2D eigenvalue weighted by atomic mass is 16.6. The molecule has 1 aromatic carbocycles. The van der Waals surface area contributed by atoms with Crippen LogP contribution in [0.25, 0.3) is 22.6 Å². The van der Waals surface area contributed by atoms with Gasteiger partial charge in [0, 0.05) is 37.2 Å². The number of aromatic amines is 1. The SMILES string of the molecule is CCNC(=O)C1=NCC(Oc2cc3nc(-c4ccccn4)[nH]c3cc2C2CCC(=O)O2)=CC1. The molecule has 4 heterocycles. The third kappa shape index (κ3) is 4.34. The highest BCUT2D eigenvalue weighted by Gasteiger charge is 2.29. The summed E-state index contributed by atoms with van der Waals surface area (Å²) < 4.78 is 11.7. The monoisotopic (exact) mass is 445 g/mol. The maximum atomic E-state index is 12.0. The number of hydrogen-bond acceptors (Lipinski definition) is 7. The Morgan fingerprint density at radius 2 is 2.24 bits per heavy atom. The van der Waals surface area contributed by atoms with Crippen molar-refractivity contribution < 1.29 is 19.1 Å². The summed E-state index contributed by atoms with van der Waals surface area (Å²) in [7, 11) is 0. The molecule has 2 aromatic heterocycles. The number of allylic oxidation sites excluding steroid dienone is 1. The lowest BCUT2D eigenvalue weighted by Crippen LogP contribution is -2.32. The number of cyclic esters (lactones) is 1. The number of pyridine rings is 1. The molecule has 9 nitrogen and oxygen atoms in total. The van der Waals surface area contributed by atoms with Crippen molar-refractivity contribution in [3.63, 3.8) is 0 Å². The van der Waals surface area contributed by atoms with Crippen LogP contribution in [-0.4, -0.2) is 45.6 Å². The van der Waals surface area contributed by atoms with Gasteiger partial charge in [-0.3, -0.25) is 19.6 Å². The Morgan fingerprint density at radius 3 is 2.94 bits per heavy atom. The van der Waals surface area contributed by atoms with Crippen LogP contribution in [0.4, 0.5) is 0 Å². The quantitative estimate of drug-likeness (QED) is 0.562. The van der Waals surface area contributed by atoms with Crippen LogP contribution in [0.1, 0.15) is 37.9 Å². The molecule has 0 saturated carbocycles. The molecule has 9 heteroatoms. The molecule has 3 aromatic rings. The van der Waals surface area contributed by atoms with E-state index in [-0.39, 0.29) is 18.4 Å². The lowest BCUT2D eigenvalue weighted by Gasteiger charge is -2.18. The average Bonchev–Trinajstić information content (AvgIpc) is 3.45. The van der Waals surface area contributed by atoms with Crippen LogP contribution in [0.15, 0.2) is 53.4 Å². The minimum absolute atomic E-state index is 0.161. The molecule has 0 spiro atoms. The first-order chi connectivity index (χ1) is 16.1. The zero-order valence-electron chi connectivity index (χ0n) is 18.1. The van der Waals surface area contributed by atoms with Crippen molar-refractivity contribution in [2.45, 2.75) is 32.3 Å². The molecule has 5 rings (SSSR count). The number of aromatic nitrogens is 3. The highest BCUT2D eigenvalue weighted by molar-refractivity contribution is 6.39. The fourth-order valence-electron chi connectivity index (χ4n) is 3.92. The number of ether oxygens (including phenoxy) is 2. The normalized spacial score (nSPS) is 18.0.